The van der Waals surface area contributed by atoms with E-state index in [1.54, 1.807) is 6.92 Å². The summed E-state index contributed by atoms with van der Waals surface area (Å²) in [5.41, 5.74) is 4.36. The summed E-state index contributed by atoms with van der Waals surface area (Å²) in [4.78, 5) is -0.432. The molecule has 18 heavy (non-hydrogen) atoms. The fraction of sp³-hybridized carbons (Fsp3) is 0.400. The second kappa shape index (κ2) is 5.25. The number of sulfonamides is 1. The molecule has 3 N–H and O–H groups in total. The Morgan fingerprint density at radius 1 is 1.39 bits per heavy atom. The van der Waals surface area contributed by atoms with Gasteiger partial charge in [0.15, 0.2) is 0 Å². The fourth-order valence-electron chi connectivity index (χ4n) is 1.16. The zero-order chi connectivity index (χ0) is 14.0. The topological polar surface area (TPSA) is 72.2 Å². The molecule has 0 aliphatic rings. The summed E-state index contributed by atoms with van der Waals surface area (Å²) < 4.78 is 62.8. The molecule has 0 saturated heterocycles. The molecule has 1 aromatic rings. The second-order valence-corrected chi connectivity index (χ2v) is 5.62. The average Bonchev–Trinajstić information content (AvgIpc) is 2.26. The van der Waals surface area contributed by atoms with Gasteiger partial charge in [-0.15, -0.1) is 0 Å². The van der Waals surface area contributed by atoms with Crippen molar-refractivity contribution in [2.45, 2.75) is 24.0 Å². The molecule has 102 valence electrons. The van der Waals surface area contributed by atoms with E-state index in [4.69, 9.17) is 5.73 Å². The lowest BCUT2D eigenvalue weighted by Gasteiger charge is -2.11. The first kappa shape index (κ1) is 14.9. The number of rotatable bonds is 4. The van der Waals surface area contributed by atoms with E-state index in [2.05, 4.69) is 4.72 Å². The predicted molar refractivity (Wildman–Crippen MR) is 60.3 cm³/mol. The molecule has 0 radical (unpaired) electrons. The Bertz CT molecular complexity index is 512. The largest absolute Gasteiger partial charge is 0.416 e. The molecule has 0 aromatic heterocycles. The van der Waals surface area contributed by atoms with Crippen molar-refractivity contribution in [3.05, 3.63) is 29.8 Å². The van der Waals surface area contributed by atoms with Crippen molar-refractivity contribution >= 4 is 10.0 Å². The highest BCUT2D eigenvalue weighted by Crippen LogP contribution is 2.30. The van der Waals surface area contributed by atoms with Crippen LogP contribution in [0.25, 0.3) is 0 Å². The molecule has 4 nitrogen and oxygen atoms in total. The highest BCUT2D eigenvalue weighted by Gasteiger charge is 2.31. The van der Waals surface area contributed by atoms with Crippen LogP contribution < -0.4 is 10.5 Å². The third-order valence-electron chi connectivity index (χ3n) is 2.07. The van der Waals surface area contributed by atoms with Crippen LogP contribution in [-0.4, -0.2) is 21.0 Å². The molecule has 1 rings (SSSR count). The van der Waals surface area contributed by atoms with Gasteiger partial charge in [0.05, 0.1) is 10.5 Å². The summed E-state index contributed by atoms with van der Waals surface area (Å²) in [6.45, 7) is 1.53. The van der Waals surface area contributed by atoms with Gasteiger partial charge in [0, 0.05) is 12.6 Å². The molecule has 0 amide bonds. The summed E-state index contributed by atoms with van der Waals surface area (Å²) in [7, 11) is -3.97. The number of hydrogen-bond donors (Lipinski definition) is 2. The standard InChI is InChI=1S/C10H13F3N2O2S/c1-7(14)6-15-18(16,17)9-4-2-3-8(5-9)10(11,12)13/h2-5,7,15H,6,14H2,1H3. The van der Waals surface area contributed by atoms with E-state index < -0.39 is 32.7 Å². The first-order valence-electron chi connectivity index (χ1n) is 5.05. The number of hydrogen-bond acceptors (Lipinski definition) is 3. The Kier molecular flexibility index (Phi) is 4.36. The van der Waals surface area contributed by atoms with Crippen LogP contribution in [0.4, 0.5) is 13.2 Å². The van der Waals surface area contributed by atoms with Gasteiger partial charge < -0.3 is 5.73 Å². The predicted octanol–water partition coefficient (Wildman–Crippen LogP) is 1.33. The highest BCUT2D eigenvalue weighted by molar-refractivity contribution is 7.89. The van der Waals surface area contributed by atoms with Gasteiger partial charge in [0.1, 0.15) is 0 Å². The molecule has 0 heterocycles. The monoisotopic (exact) mass is 282 g/mol. The van der Waals surface area contributed by atoms with E-state index in [1.165, 1.54) is 0 Å². The molecule has 0 saturated carbocycles. The molecule has 1 aromatic carbocycles. The quantitative estimate of drug-likeness (QED) is 0.875. The van der Waals surface area contributed by atoms with E-state index in [-0.39, 0.29) is 6.54 Å². The summed E-state index contributed by atoms with van der Waals surface area (Å²) in [6.07, 6.45) is -4.58. The Morgan fingerprint density at radius 3 is 2.50 bits per heavy atom. The summed E-state index contributed by atoms with van der Waals surface area (Å²) in [6, 6.07) is 3.11. The van der Waals surface area contributed by atoms with Gasteiger partial charge in [-0.1, -0.05) is 6.07 Å². The lowest BCUT2D eigenvalue weighted by Crippen LogP contribution is -2.35. The molecule has 0 aliphatic heterocycles. The maximum absolute atomic E-state index is 12.4. The van der Waals surface area contributed by atoms with Gasteiger partial charge in [-0.05, 0) is 25.1 Å². The van der Waals surface area contributed by atoms with E-state index in [0.29, 0.717) is 6.07 Å². The molecule has 0 aliphatic carbocycles. The van der Waals surface area contributed by atoms with Gasteiger partial charge in [-0.2, -0.15) is 13.2 Å². The van der Waals surface area contributed by atoms with Crippen LogP contribution in [0.5, 0.6) is 0 Å². The molecular formula is C10H13F3N2O2S. The maximum Gasteiger partial charge on any atom is 0.416 e. The van der Waals surface area contributed by atoms with Crippen molar-refractivity contribution in [1.29, 1.82) is 0 Å². The molecule has 0 bridgehead atoms. The van der Waals surface area contributed by atoms with Gasteiger partial charge in [0.2, 0.25) is 10.0 Å². The Morgan fingerprint density at radius 2 is 2.00 bits per heavy atom. The minimum Gasteiger partial charge on any atom is -0.327 e. The van der Waals surface area contributed by atoms with Crippen molar-refractivity contribution in [2.24, 2.45) is 5.73 Å². The molecule has 1 unspecified atom stereocenters. The molecule has 8 heteroatoms. The van der Waals surface area contributed by atoms with Crippen molar-refractivity contribution in [3.63, 3.8) is 0 Å². The van der Waals surface area contributed by atoms with E-state index in [0.717, 1.165) is 18.2 Å². The molecular weight excluding hydrogens is 269 g/mol. The minimum atomic E-state index is -4.58. The fourth-order valence-corrected chi connectivity index (χ4v) is 2.35. The van der Waals surface area contributed by atoms with Gasteiger partial charge in [0.25, 0.3) is 0 Å². The first-order valence-corrected chi connectivity index (χ1v) is 6.54. The highest BCUT2D eigenvalue weighted by atomic mass is 32.2. The lowest BCUT2D eigenvalue weighted by atomic mass is 10.2. The normalized spacial score (nSPS) is 14.5. The number of nitrogens with two attached hydrogens (primary N) is 1. The van der Waals surface area contributed by atoms with Crippen LogP contribution >= 0.6 is 0 Å². The van der Waals surface area contributed by atoms with Crippen LogP contribution in [-0.2, 0) is 16.2 Å². The Labute approximate surface area is 103 Å². The van der Waals surface area contributed by atoms with Crippen LogP contribution in [0, 0.1) is 0 Å². The van der Waals surface area contributed by atoms with Crippen LogP contribution in [0.15, 0.2) is 29.2 Å². The second-order valence-electron chi connectivity index (χ2n) is 3.85. The van der Waals surface area contributed by atoms with Crippen molar-refractivity contribution in [1.82, 2.24) is 4.72 Å². The van der Waals surface area contributed by atoms with Crippen molar-refractivity contribution in [2.75, 3.05) is 6.54 Å². The molecule has 1 atom stereocenters. The van der Waals surface area contributed by atoms with Crippen molar-refractivity contribution < 1.29 is 21.6 Å². The van der Waals surface area contributed by atoms with E-state index in [9.17, 15) is 21.6 Å². The van der Waals surface area contributed by atoms with Gasteiger partial charge in [-0.3, -0.25) is 0 Å². The summed E-state index contributed by atoms with van der Waals surface area (Å²) in [5, 5.41) is 0. The number of alkyl halides is 3. The smallest absolute Gasteiger partial charge is 0.327 e. The summed E-state index contributed by atoms with van der Waals surface area (Å²) >= 11 is 0. The van der Waals surface area contributed by atoms with E-state index in [1.807, 2.05) is 0 Å². The zero-order valence-electron chi connectivity index (χ0n) is 9.53. The maximum atomic E-state index is 12.4. The van der Waals surface area contributed by atoms with Crippen LogP contribution in [0.1, 0.15) is 12.5 Å². The molecule has 0 fully saturated rings. The third-order valence-corrected chi connectivity index (χ3v) is 3.49. The Hall–Kier alpha value is -1.12. The van der Waals surface area contributed by atoms with Gasteiger partial charge >= 0.3 is 6.18 Å². The first-order chi connectivity index (χ1) is 8.13. The number of nitrogens with one attached hydrogen (secondary N) is 1. The lowest BCUT2D eigenvalue weighted by molar-refractivity contribution is -0.137. The third kappa shape index (κ3) is 3.97. The number of halogens is 3. The van der Waals surface area contributed by atoms with Gasteiger partial charge in [-0.25, -0.2) is 13.1 Å². The number of benzene rings is 1. The average molecular weight is 282 g/mol. The van der Waals surface area contributed by atoms with E-state index >= 15 is 0 Å². The summed E-state index contributed by atoms with van der Waals surface area (Å²) in [5.74, 6) is 0. The zero-order valence-corrected chi connectivity index (χ0v) is 10.3. The van der Waals surface area contributed by atoms with Crippen LogP contribution in [0.2, 0.25) is 0 Å². The molecule has 0 spiro atoms. The SMILES string of the molecule is CC(N)CNS(=O)(=O)c1cccc(C(F)(F)F)c1. The van der Waals surface area contributed by atoms with Crippen molar-refractivity contribution in [3.8, 4) is 0 Å². The minimum absolute atomic E-state index is 0.0431. The Balaban J connectivity index is 3.03. The van der Waals surface area contributed by atoms with Crippen LogP contribution in [0.3, 0.4) is 0 Å².